The molecule has 2 aliphatic rings. The number of hydrogen-bond acceptors (Lipinski definition) is 4. The van der Waals surface area contributed by atoms with E-state index >= 15 is 0 Å². The first kappa shape index (κ1) is 18.8. The fourth-order valence-electron chi connectivity index (χ4n) is 3.25. The van der Waals surface area contributed by atoms with Gasteiger partial charge in [-0.2, -0.15) is 0 Å². The van der Waals surface area contributed by atoms with Gasteiger partial charge in [0.1, 0.15) is 5.60 Å². The Hall–Kier alpha value is 0.792. The molecule has 1 amide bonds. The number of aliphatic carboxylic acids is 1. The van der Waals surface area contributed by atoms with Gasteiger partial charge in [0, 0.05) is 6.04 Å². The maximum atomic E-state index is 12.2. The molecule has 5 nitrogen and oxygen atoms in total. The van der Waals surface area contributed by atoms with E-state index in [4.69, 9.17) is 4.74 Å². The summed E-state index contributed by atoms with van der Waals surface area (Å²) in [5, 5.41) is 11.3. The first-order chi connectivity index (χ1) is 8.79. The van der Waals surface area contributed by atoms with Gasteiger partial charge in [-0.25, -0.2) is 4.79 Å². The quantitative estimate of drug-likeness (QED) is 0.526. The summed E-state index contributed by atoms with van der Waals surface area (Å²) in [5.74, 6) is -0.885. The molecule has 1 saturated heterocycles. The summed E-state index contributed by atoms with van der Waals surface area (Å²) in [5.41, 5.74) is -0.611. The smallest absolute Gasteiger partial charge is 0.548 e. The van der Waals surface area contributed by atoms with Crippen molar-refractivity contribution in [2.75, 3.05) is 0 Å². The molecule has 1 saturated carbocycles. The average molecular weight is 401 g/mol. The number of nitrogens with zero attached hydrogens (tertiary/aromatic N) is 1. The minimum Gasteiger partial charge on any atom is -0.548 e. The van der Waals surface area contributed by atoms with Crippen molar-refractivity contribution in [1.82, 2.24) is 4.90 Å². The van der Waals surface area contributed by atoms with E-state index in [1.165, 1.54) is 4.90 Å². The van der Waals surface area contributed by atoms with Crippen molar-refractivity contribution >= 4 is 12.1 Å². The Morgan fingerprint density at radius 3 is 2.35 bits per heavy atom. The van der Waals surface area contributed by atoms with Gasteiger partial charge in [-0.05, 0) is 46.0 Å². The van der Waals surface area contributed by atoms with Crippen LogP contribution in [0.2, 0.25) is 0 Å². The van der Waals surface area contributed by atoms with Gasteiger partial charge in [-0.1, -0.05) is 12.8 Å². The van der Waals surface area contributed by atoms with Crippen molar-refractivity contribution in [2.45, 2.75) is 70.6 Å². The number of ether oxygens (including phenoxy) is 1. The van der Waals surface area contributed by atoms with Crippen LogP contribution in [-0.4, -0.2) is 34.6 Å². The molecular formula is C14H22CsNO4. The number of rotatable bonds is 1. The van der Waals surface area contributed by atoms with E-state index in [2.05, 4.69) is 0 Å². The van der Waals surface area contributed by atoms with Gasteiger partial charge in [-0.3, -0.25) is 4.90 Å². The molecule has 20 heavy (non-hydrogen) atoms. The van der Waals surface area contributed by atoms with Crippen LogP contribution in [0.4, 0.5) is 4.79 Å². The first-order valence-electron chi connectivity index (χ1n) is 7.02. The van der Waals surface area contributed by atoms with E-state index in [0.717, 1.165) is 25.7 Å². The Morgan fingerprint density at radius 1 is 1.20 bits per heavy atom. The zero-order valence-electron chi connectivity index (χ0n) is 12.8. The van der Waals surface area contributed by atoms with Crippen LogP contribution in [0, 0.1) is 5.92 Å². The summed E-state index contributed by atoms with van der Waals surface area (Å²) >= 11 is 0. The second-order valence-corrected chi connectivity index (χ2v) is 6.57. The third-order valence-corrected chi connectivity index (χ3v) is 3.96. The van der Waals surface area contributed by atoms with Gasteiger partial charge >= 0.3 is 75.0 Å². The molecule has 108 valence electrons. The number of likely N-dealkylation sites (tertiary alicyclic amines) is 1. The van der Waals surface area contributed by atoms with Gasteiger partial charge in [0.15, 0.2) is 0 Å². The number of hydrogen-bond donors (Lipinski definition) is 0. The van der Waals surface area contributed by atoms with Crippen molar-refractivity contribution in [1.29, 1.82) is 0 Å². The first-order valence-corrected chi connectivity index (χ1v) is 7.02. The molecule has 0 bridgehead atoms. The normalized spacial score (nSPS) is 29.4. The number of carbonyl (C=O) groups is 2. The standard InChI is InChI=1S/C14H23NO4.Cs/c1-14(2,3)19-13(18)15-10-7-5-4-6-9(10)8-11(15)12(16)17;/h9-11H,4-8H2,1-3H3,(H,16,17);/q;+1/p-1. The Balaban J connectivity index is 0.00000200. The van der Waals surface area contributed by atoms with Crippen LogP contribution in [0.1, 0.15) is 52.9 Å². The largest absolute Gasteiger partial charge is 1.00 e. The second-order valence-electron chi connectivity index (χ2n) is 6.57. The van der Waals surface area contributed by atoms with Crippen LogP contribution >= 0.6 is 0 Å². The molecular weight excluding hydrogens is 379 g/mol. The molecule has 6 heteroatoms. The van der Waals surface area contributed by atoms with Gasteiger partial charge in [0.05, 0.1) is 12.0 Å². The van der Waals surface area contributed by atoms with Crippen LogP contribution in [0.25, 0.3) is 0 Å². The number of fused-ring (bicyclic) bond motifs is 1. The minimum atomic E-state index is -1.17. The van der Waals surface area contributed by atoms with Crippen molar-refractivity contribution < 1.29 is 88.3 Å². The van der Waals surface area contributed by atoms with Crippen LogP contribution in [0.5, 0.6) is 0 Å². The Bertz CT molecular complexity index is 380. The molecule has 1 aliphatic heterocycles. The van der Waals surface area contributed by atoms with E-state index in [9.17, 15) is 14.7 Å². The van der Waals surface area contributed by atoms with Crippen molar-refractivity contribution in [3.05, 3.63) is 0 Å². The Morgan fingerprint density at radius 2 is 1.80 bits per heavy atom. The van der Waals surface area contributed by atoms with Crippen molar-refractivity contribution in [3.63, 3.8) is 0 Å². The third kappa shape index (κ3) is 4.39. The van der Waals surface area contributed by atoms with Gasteiger partial charge in [0.2, 0.25) is 0 Å². The van der Waals surface area contributed by atoms with E-state index in [1.54, 1.807) is 20.8 Å². The Labute approximate surface area is 179 Å². The molecule has 0 aromatic rings. The van der Waals surface area contributed by atoms with E-state index < -0.39 is 23.7 Å². The topological polar surface area (TPSA) is 69.7 Å². The van der Waals surface area contributed by atoms with Crippen LogP contribution in [-0.2, 0) is 9.53 Å². The fourth-order valence-corrected chi connectivity index (χ4v) is 3.25. The number of carboxylic acids is 1. The zero-order valence-corrected chi connectivity index (χ0v) is 19.1. The summed E-state index contributed by atoms with van der Waals surface area (Å²) in [6.07, 6.45) is 4.01. The molecule has 3 unspecified atom stereocenters. The molecule has 0 spiro atoms. The van der Waals surface area contributed by atoms with E-state index in [-0.39, 0.29) is 80.9 Å². The summed E-state index contributed by atoms with van der Waals surface area (Å²) in [7, 11) is 0. The predicted molar refractivity (Wildman–Crippen MR) is 67.2 cm³/mol. The molecule has 1 heterocycles. The summed E-state index contributed by atoms with van der Waals surface area (Å²) < 4.78 is 5.35. The van der Waals surface area contributed by atoms with Crippen molar-refractivity contribution in [3.8, 4) is 0 Å². The molecule has 0 N–H and O–H groups in total. The zero-order chi connectivity index (χ0) is 14.2. The molecule has 2 rings (SSSR count). The Kier molecular flexibility index (Phi) is 6.94. The van der Waals surface area contributed by atoms with E-state index in [1.807, 2.05) is 0 Å². The molecule has 0 aromatic heterocycles. The number of carboxylic acid groups (broad SMARTS) is 1. The van der Waals surface area contributed by atoms with E-state index in [0.29, 0.717) is 6.42 Å². The fraction of sp³-hybridized carbons (Fsp3) is 0.857. The molecule has 3 atom stereocenters. The monoisotopic (exact) mass is 401 g/mol. The van der Waals surface area contributed by atoms with Crippen LogP contribution < -0.4 is 74.0 Å². The SMILES string of the molecule is CC(C)(C)OC(=O)N1C(C(=O)[O-])CC2CCCCC21.[Cs+]. The van der Waals surface area contributed by atoms with Crippen LogP contribution in [0.3, 0.4) is 0 Å². The molecule has 0 aromatic carbocycles. The van der Waals surface area contributed by atoms with Crippen molar-refractivity contribution in [2.24, 2.45) is 5.92 Å². The molecule has 2 fully saturated rings. The number of carbonyl (C=O) groups excluding carboxylic acids is 2. The summed E-state index contributed by atoms with van der Waals surface area (Å²) in [6.45, 7) is 5.36. The second kappa shape index (κ2) is 7.37. The maximum Gasteiger partial charge on any atom is 1.00 e. The maximum absolute atomic E-state index is 12.2. The van der Waals surface area contributed by atoms with Gasteiger partial charge < -0.3 is 14.6 Å². The summed E-state index contributed by atoms with van der Waals surface area (Å²) in [4.78, 5) is 24.9. The average Bonchev–Trinajstić information content (AvgIpc) is 2.65. The number of amides is 1. The van der Waals surface area contributed by atoms with Gasteiger partial charge in [-0.15, -0.1) is 0 Å². The van der Waals surface area contributed by atoms with Crippen LogP contribution in [0.15, 0.2) is 0 Å². The third-order valence-electron chi connectivity index (χ3n) is 3.96. The molecule has 1 aliphatic carbocycles. The molecule has 0 radical (unpaired) electrons. The minimum absolute atomic E-state index is 0. The summed E-state index contributed by atoms with van der Waals surface area (Å²) in [6, 6.07) is -0.825. The predicted octanol–water partition coefficient (Wildman–Crippen LogP) is -1.69. The van der Waals surface area contributed by atoms with Gasteiger partial charge in [0.25, 0.3) is 0 Å².